The number of nitrogens with one attached hydrogen (secondary N) is 2. The molecule has 1 aromatic rings. The standard InChI is InChI=1S/C9H13N3O3S/c1-16-3-2-6(9(14)15)12-8(13)7-4-10-5-11-7/h4-6H,2-3H2,1H3,(H,10,11)(H,12,13)(H,14,15)/t6-/m1/s1. The molecule has 1 amide bonds. The van der Waals surface area contributed by atoms with Crippen LogP contribution in [0.3, 0.4) is 0 Å². The van der Waals surface area contributed by atoms with Gasteiger partial charge in [-0.3, -0.25) is 4.79 Å². The summed E-state index contributed by atoms with van der Waals surface area (Å²) in [5, 5.41) is 11.3. The Hall–Kier alpha value is -1.50. The molecule has 0 bridgehead atoms. The molecule has 0 aliphatic rings. The van der Waals surface area contributed by atoms with Crippen molar-refractivity contribution in [2.45, 2.75) is 12.5 Å². The van der Waals surface area contributed by atoms with Crippen LogP contribution in [-0.4, -0.2) is 45.0 Å². The van der Waals surface area contributed by atoms with Gasteiger partial charge in [0.15, 0.2) is 0 Å². The smallest absolute Gasteiger partial charge is 0.326 e. The zero-order chi connectivity index (χ0) is 12.0. The lowest BCUT2D eigenvalue weighted by molar-refractivity contribution is -0.139. The molecule has 3 N–H and O–H groups in total. The number of carboxylic acid groups (broad SMARTS) is 1. The van der Waals surface area contributed by atoms with E-state index in [0.717, 1.165) is 0 Å². The van der Waals surface area contributed by atoms with E-state index in [1.54, 1.807) is 0 Å². The van der Waals surface area contributed by atoms with Gasteiger partial charge < -0.3 is 15.4 Å². The van der Waals surface area contributed by atoms with Crippen LogP contribution >= 0.6 is 11.8 Å². The average molecular weight is 243 g/mol. The quantitative estimate of drug-likeness (QED) is 0.670. The van der Waals surface area contributed by atoms with Gasteiger partial charge in [0, 0.05) is 0 Å². The Morgan fingerprint density at radius 2 is 2.44 bits per heavy atom. The Morgan fingerprint density at radius 3 is 2.94 bits per heavy atom. The largest absolute Gasteiger partial charge is 0.480 e. The molecule has 1 atom stereocenters. The van der Waals surface area contributed by atoms with Crippen molar-refractivity contribution in [3.05, 3.63) is 18.2 Å². The van der Waals surface area contributed by atoms with E-state index < -0.39 is 17.9 Å². The molecule has 0 aliphatic heterocycles. The fourth-order valence-corrected chi connectivity index (χ4v) is 1.58. The molecule has 0 aliphatic carbocycles. The number of carbonyl (C=O) groups excluding carboxylic acids is 1. The van der Waals surface area contributed by atoms with Crippen LogP contribution in [0.4, 0.5) is 0 Å². The zero-order valence-corrected chi connectivity index (χ0v) is 9.58. The SMILES string of the molecule is CSCC[C@@H](NC(=O)c1cnc[nH]1)C(=O)O. The average Bonchev–Trinajstić information content (AvgIpc) is 2.76. The molecule has 0 unspecified atom stereocenters. The third-order valence-corrected chi connectivity index (χ3v) is 2.60. The number of amides is 1. The number of imidazole rings is 1. The molecule has 0 aromatic carbocycles. The molecule has 0 radical (unpaired) electrons. The number of carbonyl (C=O) groups is 2. The number of hydrogen-bond donors (Lipinski definition) is 3. The van der Waals surface area contributed by atoms with E-state index in [1.165, 1.54) is 24.3 Å². The summed E-state index contributed by atoms with van der Waals surface area (Å²) in [5.41, 5.74) is 0.260. The monoisotopic (exact) mass is 243 g/mol. The van der Waals surface area contributed by atoms with Crippen molar-refractivity contribution in [1.82, 2.24) is 15.3 Å². The molecule has 88 valence electrons. The fourth-order valence-electron chi connectivity index (χ4n) is 1.11. The minimum absolute atomic E-state index is 0.260. The van der Waals surface area contributed by atoms with Crippen LogP contribution < -0.4 is 5.32 Å². The van der Waals surface area contributed by atoms with Crippen LogP contribution in [0.1, 0.15) is 16.9 Å². The summed E-state index contributed by atoms with van der Waals surface area (Å²) in [6.45, 7) is 0. The second-order valence-corrected chi connectivity index (χ2v) is 4.10. The molecule has 7 heteroatoms. The molecule has 0 saturated carbocycles. The predicted molar refractivity (Wildman–Crippen MR) is 60.5 cm³/mol. The molecular formula is C9H13N3O3S. The van der Waals surface area contributed by atoms with E-state index in [1.807, 2.05) is 6.26 Å². The van der Waals surface area contributed by atoms with Crippen molar-refractivity contribution in [3.8, 4) is 0 Å². The minimum Gasteiger partial charge on any atom is -0.480 e. The summed E-state index contributed by atoms with van der Waals surface area (Å²) in [6.07, 6.45) is 5.00. The van der Waals surface area contributed by atoms with Crippen molar-refractivity contribution in [1.29, 1.82) is 0 Å². The number of H-pyrrole nitrogens is 1. The number of aromatic amines is 1. The molecule has 0 spiro atoms. The van der Waals surface area contributed by atoms with E-state index in [2.05, 4.69) is 15.3 Å². The Kier molecular flexibility index (Phi) is 4.84. The first-order valence-corrected chi connectivity index (χ1v) is 6.05. The van der Waals surface area contributed by atoms with Crippen molar-refractivity contribution in [2.75, 3.05) is 12.0 Å². The normalized spacial score (nSPS) is 12.1. The van der Waals surface area contributed by atoms with Crippen molar-refractivity contribution in [3.63, 3.8) is 0 Å². The second kappa shape index (κ2) is 6.16. The van der Waals surface area contributed by atoms with Gasteiger partial charge in [-0.1, -0.05) is 0 Å². The van der Waals surface area contributed by atoms with Gasteiger partial charge in [-0.25, -0.2) is 9.78 Å². The van der Waals surface area contributed by atoms with Crippen molar-refractivity contribution in [2.24, 2.45) is 0 Å². The second-order valence-electron chi connectivity index (χ2n) is 3.11. The molecule has 0 fully saturated rings. The van der Waals surface area contributed by atoms with Gasteiger partial charge in [0.2, 0.25) is 0 Å². The Labute approximate surface area is 96.8 Å². The van der Waals surface area contributed by atoms with Gasteiger partial charge in [0.25, 0.3) is 5.91 Å². The zero-order valence-electron chi connectivity index (χ0n) is 8.77. The lowest BCUT2D eigenvalue weighted by Gasteiger charge is -2.12. The van der Waals surface area contributed by atoms with Crippen LogP contribution in [0.25, 0.3) is 0 Å². The number of aliphatic carboxylic acids is 1. The molecule has 6 nitrogen and oxygen atoms in total. The van der Waals surface area contributed by atoms with Gasteiger partial charge in [-0.2, -0.15) is 11.8 Å². The highest BCUT2D eigenvalue weighted by Gasteiger charge is 2.20. The first kappa shape index (κ1) is 12.6. The fraction of sp³-hybridized carbons (Fsp3) is 0.444. The Bertz CT molecular complexity index is 353. The van der Waals surface area contributed by atoms with E-state index in [9.17, 15) is 9.59 Å². The Balaban J connectivity index is 2.54. The van der Waals surface area contributed by atoms with E-state index in [-0.39, 0.29) is 5.69 Å². The summed E-state index contributed by atoms with van der Waals surface area (Å²) in [7, 11) is 0. The summed E-state index contributed by atoms with van der Waals surface area (Å²) in [4.78, 5) is 28.7. The van der Waals surface area contributed by atoms with Crippen molar-refractivity contribution >= 4 is 23.6 Å². The number of hydrogen-bond acceptors (Lipinski definition) is 4. The maximum Gasteiger partial charge on any atom is 0.326 e. The summed E-state index contributed by atoms with van der Waals surface area (Å²) in [6, 6.07) is -0.858. The van der Waals surface area contributed by atoms with Gasteiger partial charge in [-0.15, -0.1) is 0 Å². The molecule has 1 aromatic heterocycles. The highest BCUT2D eigenvalue weighted by Crippen LogP contribution is 2.02. The topological polar surface area (TPSA) is 95.1 Å². The van der Waals surface area contributed by atoms with Crippen LogP contribution in [0, 0.1) is 0 Å². The van der Waals surface area contributed by atoms with Crippen LogP contribution in [0.2, 0.25) is 0 Å². The summed E-state index contributed by atoms with van der Waals surface area (Å²) >= 11 is 1.54. The minimum atomic E-state index is -1.03. The van der Waals surface area contributed by atoms with E-state index in [0.29, 0.717) is 12.2 Å². The van der Waals surface area contributed by atoms with E-state index in [4.69, 9.17) is 5.11 Å². The number of nitrogens with zero attached hydrogens (tertiary/aromatic N) is 1. The molecule has 0 saturated heterocycles. The summed E-state index contributed by atoms with van der Waals surface area (Å²) in [5.74, 6) is -0.798. The van der Waals surface area contributed by atoms with Crippen LogP contribution in [0.15, 0.2) is 12.5 Å². The lowest BCUT2D eigenvalue weighted by Crippen LogP contribution is -2.41. The molecule has 1 heterocycles. The molecular weight excluding hydrogens is 230 g/mol. The highest BCUT2D eigenvalue weighted by atomic mass is 32.2. The number of thioether (sulfide) groups is 1. The van der Waals surface area contributed by atoms with Gasteiger partial charge in [0.05, 0.1) is 12.5 Å². The summed E-state index contributed by atoms with van der Waals surface area (Å²) < 4.78 is 0. The number of rotatable bonds is 6. The van der Waals surface area contributed by atoms with Gasteiger partial charge in [-0.05, 0) is 18.4 Å². The van der Waals surface area contributed by atoms with Crippen molar-refractivity contribution < 1.29 is 14.7 Å². The Morgan fingerprint density at radius 1 is 1.69 bits per heavy atom. The van der Waals surface area contributed by atoms with Crippen LogP contribution in [0.5, 0.6) is 0 Å². The van der Waals surface area contributed by atoms with Gasteiger partial charge >= 0.3 is 5.97 Å². The molecule has 16 heavy (non-hydrogen) atoms. The number of carboxylic acids is 1. The first-order chi connectivity index (χ1) is 7.65. The number of aromatic nitrogens is 2. The first-order valence-electron chi connectivity index (χ1n) is 4.66. The highest BCUT2D eigenvalue weighted by molar-refractivity contribution is 7.98. The van der Waals surface area contributed by atoms with Crippen LogP contribution in [-0.2, 0) is 4.79 Å². The lowest BCUT2D eigenvalue weighted by atomic mass is 10.2. The maximum absolute atomic E-state index is 11.5. The molecule has 1 rings (SSSR count). The van der Waals surface area contributed by atoms with E-state index >= 15 is 0 Å². The maximum atomic E-state index is 11.5. The van der Waals surface area contributed by atoms with Gasteiger partial charge in [0.1, 0.15) is 11.7 Å². The predicted octanol–water partition coefficient (Wildman–Crippen LogP) is 0.346. The third kappa shape index (κ3) is 3.58. The third-order valence-electron chi connectivity index (χ3n) is 1.96.